The SMILES string of the molecule is COc1ccc(Cl)cc1CC(=O)N1CCCC(c2n[nH]c(=O)o2)C1. The van der Waals surface area contributed by atoms with Crippen LogP contribution in [0.1, 0.15) is 30.2 Å². The summed E-state index contributed by atoms with van der Waals surface area (Å²) in [6.45, 7) is 1.16. The Bertz CT molecular complexity index is 786. The molecule has 1 aromatic carbocycles. The summed E-state index contributed by atoms with van der Waals surface area (Å²) in [5, 5.41) is 6.70. The van der Waals surface area contributed by atoms with Crippen LogP contribution in [0.15, 0.2) is 27.4 Å². The summed E-state index contributed by atoms with van der Waals surface area (Å²) in [7, 11) is 1.56. The van der Waals surface area contributed by atoms with E-state index in [9.17, 15) is 9.59 Å². The number of hydrogen-bond donors (Lipinski definition) is 1. The Morgan fingerprint density at radius 1 is 1.54 bits per heavy atom. The zero-order chi connectivity index (χ0) is 17.1. The molecule has 1 aromatic heterocycles. The fraction of sp³-hybridized carbons (Fsp3) is 0.438. The zero-order valence-corrected chi connectivity index (χ0v) is 14.0. The van der Waals surface area contributed by atoms with E-state index in [0.29, 0.717) is 29.8 Å². The number of hydrogen-bond acceptors (Lipinski definition) is 5. The molecule has 0 aliphatic carbocycles. The van der Waals surface area contributed by atoms with Gasteiger partial charge >= 0.3 is 5.76 Å². The molecular formula is C16H18ClN3O4. The number of piperidine rings is 1. The first-order valence-electron chi connectivity index (χ1n) is 7.72. The van der Waals surface area contributed by atoms with Gasteiger partial charge in [0.1, 0.15) is 5.75 Å². The van der Waals surface area contributed by atoms with Crippen molar-refractivity contribution in [1.29, 1.82) is 0 Å². The van der Waals surface area contributed by atoms with E-state index in [-0.39, 0.29) is 18.2 Å². The lowest BCUT2D eigenvalue weighted by molar-refractivity contribution is -0.131. The zero-order valence-electron chi connectivity index (χ0n) is 13.3. The van der Waals surface area contributed by atoms with Gasteiger partial charge in [-0.2, -0.15) is 0 Å². The number of carbonyl (C=O) groups excluding carboxylic acids is 1. The normalized spacial score (nSPS) is 17.8. The second kappa shape index (κ2) is 7.09. The highest BCUT2D eigenvalue weighted by molar-refractivity contribution is 6.30. The van der Waals surface area contributed by atoms with Crippen molar-refractivity contribution < 1.29 is 13.9 Å². The second-order valence-corrected chi connectivity index (χ2v) is 6.20. The standard InChI is InChI=1S/C16H18ClN3O4/c1-23-13-5-4-12(17)7-11(13)8-14(21)20-6-2-3-10(9-20)15-18-19-16(22)24-15/h4-5,7,10H,2-3,6,8-9H2,1H3,(H,19,22). The molecule has 1 N–H and O–H groups in total. The van der Waals surface area contributed by atoms with Gasteiger partial charge in [0, 0.05) is 23.7 Å². The molecule has 1 aliphatic heterocycles. The van der Waals surface area contributed by atoms with Crippen LogP contribution < -0.4 is 10.5 Å². The molecule has 2 aromatic rings. The van der Waals surface area contributed by atoms with Crippen LogP contribution in [0.3, 0.4) is 0 Å². The highest BCUT2D eigenvalue weighted by atomic mass is 35.5. The highest BCUT2D eigenvalue weighted by Gasteiger charge is 2.28. The number of amides is 1. The molecule has 1 saturated heterocycles. The van der Waals surface area contributed by atoms with Crippen LogP contribution >= 0.6 is 11.6 Å². The number of nitrogens with one attached hydrogen (secondary N) is 1. The summed E-state index contributed by atoms with van der Waals surface area (Å²) in [6.07, 6.45) is 1.87. The number of rotatable bonds is 4. The van der Waals surface area contributed by atoms with E-state index in [1.807, 2.05) is 0 Å². The minimum Gasteiger partial charge on any atom is -0.496 e. The number of methoxy groups -OCH3 is 1. The number of aromatic amines is 1. The molecule has 0 saturated carbocycles. The average Bonchev–Trinajstić information content (AvgIpc) is 3.02. The van der Waals surface area contributed by atoms with E-state index in [0.717, 1.165) is 18.4 Å². The largest absolute Gasteiger partial charge is 0.496 e. The van der Waals surface area contributed by atoms with Gasteiger partial charge in [-0.25, -0.2) is 9.89 Å². The molecule has 0 spiro atoms. The Morgan fingerprint density at radius 3 is 3.08 bits per heavy atom. The maximum absolute atomic E-state index is 12.6. The predicted molar refractivity (Wildman–Crippen MR) is 87.4 cm³/mol. The first kappa shape index (κ1) is 16.6. The molecule has 128 valence electrons. The summed E-state index contributed by atoms with van der Waals surface area (Å²) in [5.74, 6) is 0.343. The number of nitrogens with zero attached hydrogens (tertiary/aromatic N) is 2. The molecule has 1 unspecified atom stereocenters. The van der Waals surface area contributed by atoms with Crippen LogP contribution in [0.25, 0.3) is 0 Å². The van der Waals surface area contributed by atoms with Gasteiger partial charge in [-0.05, 0) is 31.0 Å². The maximum Gasteiger partial charge on any atom is 0.434 e. The van der Waals surface area contributed by atoms with E-state index in [4.69, 9.17) is 20.8 Å². The fourth-order valence-corrected chi connectivity index (χ4v) is 3.18. The van der Waals surface area contributed by atoms with Crippen LogP contribution in [0.2, 0.25) is 5.02 Å². The molecule has 1 fully saturated rings. The first-order valence-corrected chi connectivity index (χ1v) is 8.10. The number of halogens is 1. The van der Waals surface area contributed by atoms with Crippen molar-refractivity contribution >= 4 is 17.5 Å². The highest BCUT2D eigenvalue weighted by Crippen LogP contribution is 2.27. The number of aromatic nitrogens is 2. The van der Waals surface area contributed by atoms with Crippen molar-refractivity contribution in [3.05, 3.63) is 45.2 Å². The first-order chi connectivity index (χ1) is 11.6. The van der Waals surface area contributed by atoms with Gasteiger partial charge in [-0.1, -0.05) is 11.6 Å². The van der Waals surface area contributed by atoms with Gasteiger partial charge in [0.05, 0.1) is 19.4 Å². The monoisotopic (exact) mass is 351 g/mol. The Morgan fingerprint density at radius 2 is 2.38 bits per heavy atom. The van der Waals surface area contributed by atoms with E-state index >= 15 is 0 Å². The van der Waals surface area contributed by atoms with Gasteiger partial charge in [0.2, 0.25) is 11.8 Å². The molecule has 3 rings (SSSR count). The van der Waals surface area contributed by atoms with Crippen LogP contribution in [0, 0.1) is 0 Å². The van der Waals surface area contributed by atoms with Crippen LogP contribution in [0.4, 0.5) is 0 Å². The van der Waals surface area contributed by atoms with Gasteiger partial charge in [-0.15, -0.1) is 5.10 Å². The van der Waals surface area contributed by atoms with Gasteiger partial charge < -0.3 is 14.1 Å². The van der Waals surface area contributed by atoms with Crippen LogP contribution in [0.5, 0.6) is 5.75 Å². The van der Waals surface area contributed by atoms with Gasteiger partial charge in [-0.3, -0.25) is 4.79 Å². The molecular weight excluding hydrogens is 334 g/mol. The van der Waals surface area contributed by atoms with E-state index in [2.05, 4.69) is 10.2 Å². The molecule has 24 heavy (non-hydrogen) atoms. The number of ether oxygens (including phenoxy) is 1. The molecule has 8 heteroatoms. The third kappa shape index (κ3) is 3.62. The third-order valence-corrected chi connectivity index (χ3v) is 4.40. The summed E-state index contributed by atoms with van der Waals surface area (Å²) in [4.78, 5) is 25.5. The van der Waals surface area contributed by atoms with Crippen molar-refractivity contribution in [2.75, 3.05) is 20.2 Å². The lowest BCUT2D eigenvalue weighted by Crippen LogP contribution is -2.40. The minimum absolute atomic E-state index is 0.0156. The second-order valence-electron chi connectivity index (χ2n) is 5.76. The lowest BCUT2D eigenvalue weighted by atomic mass is 9.97. The molecule has 7 nitrogen and oxygen atoms in total. The van der Waals surface area contributed by atoms with E-state index in [1.54, 1.807) is 30.2 Å². The Labute approximate surface area is 143 Å². The molecule has 2 heterocycles. The summed E-state index contributed by atoms with van der Waals surface area (Å²) in [6, 6.07) is 5.22. The van der Waals surface area contributed by atoms with Gasteiger partial charge in [0.25, 0.3) is 0 Å². The van der Waals surface area contributed by atoms with E-state index < -0.39 is 5.76 Å². The third-order valence-electron chi connectivity index (χ3n) is 4.16. The van der Waals surface area contributed by atoms with Crippen molar-refractivity contribution in [3.63, 3.8) is 0 Å². The smallest absolute Gasteiger partial charge is 0.434 e. The van der Waals surface area contributed by atoms with Crippen molar-refractivity contribution in [3.8, 4) is 5.75 Å². The molecule has 0 radical (unpaired) electrons. The quantitative estimate of drug-likeness (QED) is 0.909. The molecule has 1 aliphatic rings. The summed E-state index contributed by atoms with van der Waals surface area (Å²) >= 11 is 6.01. The Hall–Kier alpha value is -2.28. The maximum atomic E-state index is 12.6. The molecule has 0 bridgehead atoms. The van der Waals surface area contributed by atoms with E-state index in [1.165, 1.54) is 0 Å². The number of likely N-dealkylation sites (tertiary alicyclic amines) is 1. The minimum atomic E-state index is -0.572. The fourth-order valence-electron chi connectivity index (χ4n) is 2.98. The predicted octanol–water partition coefficient (Wildman–Crippen LogP) is 1.97. The number of carbonyl (C=O) groups is 1. The molecule has 1 atom stereocenters. The average molecular weight is 352 g/mol. The van der Waals surface area contributed by atoms with Gasteiger partial charge in [0.15, 0.2) is 0 Å². The summed E-state index contributed by atoms with van der Waals surface area (Å²) in [5.41, 5.74) is 0.753. The Balaban J connectivity index is 1.71. The van der Waals surface area contributed by atoms with Crippen molar-refractivity contribution in [1.82, 2.24) is 15.1 Å². The topological polar surface area (TPSA) is 88.4 Å². The van der Waals surface area contributed by atoms with Crippen LogP contribution in [-0.4, -0.2) is 41.2 Å². The van der Waals surface area contributed by atoms with Crippen molar-refractivity contribution in [2.24, 2.45) is 0 Å². The lowest BCUT2D eigenvalue weighted by Gasteiger charge is -2.31. The number of H-pyrrole nitrogens is 1. The molecule has 1 amide bonds. The Kier molecular flexibility index (Phi) is 4.89. The summed E-state index contributed by atoms with van der Waals surface area (Å²) < 4.78 is 10.3. The van der Waals surface area contributed by atoms with Crippen molar-refractivity contribution in [2.45, 2.75) is 25.2 Å². The number of benzene rings is 1. The van der Waals surface area contributed by atoms with Crippen LogP contribution in [-0.2, 0) is 11.2 Å².